The number of pyridine rings is 1. The lowest BCUT2D eigenvalue weighted by Gasteiger charge is -2.35. The third kappa shape index (κ3) is 4.61. The molecule has 2 atom stereocenters. The van der Waals surface area contributed by atoms with E-state index in [4.69, 9.17) is 16.3 Å². The summed E-state index contributed by atoms with van der Waals surface area (Å²) in [5, 5.41) is 6.07. The summed E-state index contributed by atoms with van der Waals surface area (Å²) in [5.41, 5.74) is 4.90. The van der Waals surface area contributed by atoms with Crippen LogP contribution in [-0.4, -0.2) is 57.0 Å². The minimum atomic E-state index is -0.0666. The molecule has 1 fully saturated rings. The Morgan fingerprint density at radius 1 is 1.34 bits per heavy atom. The number of halogens is 1. The first kappa shape index (κ1) is 20.3. The zero-order valence-electron chi connectivity index (χ0n) is 16.5. The van der Waals surface area contributed by atoms with Gasteiger partial charge in [-0.2, -0.15) is 0 Å². The Kier molecular flexibility index (Phi) is 6.15. The van der Waals surface area contributed by atoms with Crippen molar-refractivity contribution in [1.82, 2.24) is 24.6 Å². The van der Waals surface area contributed by atoms with Crippen LogP contribution < -0.4 is 5.32 Å². The highest BCUT2D eigenvalue weighted by Crippen LogP contribution is 2.20. The number of thiazole rings is 1. The predicted octanol–water partition coefficient (Wildman–Crippen LogP) is 3.03. The number of amides is 1. The summed E-state index contributed by atoms with van der Waals surface area (Å²) in [4.78, 5) is 24.1. The Balaban J connectivity index is 1.57. The van der Waals surface area contributed by atoms with Gasteiger partial charge in [-0.05, 0) is 26.0 Å². The second-order valence-electron chi connectivity index (χ2n) is 7.36. The fourth-order valence-electron chi connectivity index (χ4n) is 3.69. The van der Waals surface area contributed by atoms with Crippen LogP contribution in [0.25, 0.3) is 5.65 Å². The second-order valence-corrected chi connectivity index (χ2v) is 8.51. The van der Waals surface area contributed by atoms with Crippen molar-refractivity contribution in [3.05, 3.63) is 51.3 Å². The molecule has 1 N–H and O–H groups in total. The number of hydrogen-bond donors (Lipinski definition) is 1. The van der Waals surface area contributed by atoms with Gasteiger partial charge in [-0.1, -0.05) is 11.6 Å². The molecule has 0 spiro atoms. The molecule has 3 aromatic heterocycles. The number of imidazole rings is 1. The van der Waals surface area contributed by atoms with Gasteiger partial charge >= 0.3 is 0 Å². The third-order valence-corrected chi connectivity index (χ3v) is 5.78. The SMILES string of the molecule is C[C@@H]1CN(C(=O)c2nc3ccc(Cl)cn3c2CNCCc2cscn2)C[C@H](C)O1. The first-order valence-electron chi connectivity index (χ1n) is 9.70. The molecule has 29 heavy (non-hydrogen) atoms. The van der Waals surface area contributed by atoms with E-state index in [9.17, 15) is 4.79 Å². The summed E-state index contributed by atoms with van der Waals surface area (Å²) in [7, 11) is 0. The molecule has 1 aliphatic rings. The Bertz CT molecular complexity index is 980. The molecular formula is C20H24ClN5O2S. The van der Waals surface area contributed by atoms with E-state index in [2.05, 4.69) is 15.3 Å². The summed E-state index contributed by atoms with van der Waals surface area (Å²) >= 11 is 7.80. The molecule has 1 amide bonds. The third-order valence-electron chi connectivity index (χ3n) is 4.92. The zero-order chi connectivity index (χ0) is 20.4. The van der Waals surface area contributed by atoms with Gasteiger partial charge in [-0.25, -0.2) is 9.97 Å². The van der Waals surface area contributed by atoms with E-state index in [-0.39, 0.29) is 18.1 Å². The summed E-state index contributed by atoms with van der Waals surface area (Å²) in [6.07, 6.45) is 2.66. The highest BCUT2D eigenvalue weighted by atomic mass is 35.5. The van der Waals surface area contributed by atoms with Crippen molar-refractivity contribution in [1.29, 1.82) is 0 Å². The van der Waals surface area contributed by atoms with Crippen LogP contribution in [-0.2, 0) is 17.7 Å². The number of nitrogens with one attached hydrogen (secondary N) is 1. The number of carbonyl (C=O) groups is 1. The van der Waals surface area contributed by atoms with Gasteiger partial charge in [0.25, 0.3) is 5.91 Å². The average Bonchev–Trinajstić information content (AvgIpc) is 3.31. The fraction of sp³-hybridized carbons (Fsp3) is 0.450. The molecule has 0 unspecified atom stereocenters. The largest absolute Gasteiger partial charge is 0.372 e. The standard InChI is InChI=1S/C20H24ClN5O2S/c1-13-8-25(9-14(2)28-13)20(27)19-17(7-22-6-5-16-11-29-12-23-16)26-10-15(21)3-4-18(26)24-19/h3-4,10-14,22H,5-9H2,1-2H3/t13-,14+. The van der Waals surface area contributed by atoms with Crippen molar-refractivity contribution in [2.24, 2.45) is 0 Å². The van der Waals surface area contributed by atoms with Crippen LogP contribution in [0.1, 0.15) is 35.7 Å². The van der Waals surface area contributed by atoms with E-state index < -0.39 is 0 Å². The maximum absolute atomic E-state index is 13.3. The zero-order valence-corrected chi connectivity index (χ0v) is 18.0. The Morgan fingerprint density at radius 3 is 2.86 bits per heavy atom. The quantitative estimate of drug-likeness (QED) is 0.605. The first-order valence-corrected chi connectivity index (χ1v) is 11.0. The number of ether oxygens (including phenoxy) is 1. The number of aromatic nitrogens is 3. The number of carbonyl (C=O) groups excluding carboxylic acids is 1. The summed E-state index contributed by atoms with van der Waals surface area (Å²) in [6, 6.07) is 3.62. The van der Waals surface area contributed by atoms with Gasteiger partial charge in [0.1, 0.15) is 5.65 Å². The van der Waals surface area contributed by atoms with Gasteiger partial charge in [-0.15, -0.1) is 11.3 Å². The van der Waals surface area contributed by atoms with Crippen molar-refractivity contribution < 1.29 is 9.53 Å². The van der Waals surface area contributed by atoms with E-state index in [1.54, 1.807) is 17.4 Å². The molecule has 9 heteroatoms. The Hall–Kier alpha value is -2.00. The average molecular weight is 434 g/mol. The molecule has 4 heterocycles. The first-order chi connectivity index (χ1) is 14.0. The Labute approximate surface area is 178 Å². The molecule has 3 aromatic rings. The van der Waals surface area contributed by atoms with Gasteiger partial charge in [0.2, 0.25) is 0 Å². The van der Waals surface area contributed by atoms with Gasteiger partial charge < -0.3 is 19.4 Å². The van der Waals surface area contributed by atoms with Crippen molar-refractivity contribution in [3.63, 3.8) is 0 Å². The van der Waals surface area contributed by atoms with Crippen LogP contribution in [0.4, 0.5) is 0 Å². The number of morpholine rings is 1. The number of rotatable bonds is 6. The van der Waals surface area contributed by atoms with Crippen LogP contribution in [0.2, 0.25) is 5.02 Å². The van der Waals surface area contributed by atoms with Crippen molar-refractivity contribution in [2.45, 2.75) is 39.0 Å². The lowest BCUT2D eigenvalue weighted by atomic mass is 10.2. The molecule has 154 valence electrons. The fourth-order valence-corrected chi connectivity index (χ4v) is 4.44. The summed E-state index contributed by atoms with van der Waals surface area (Å²) in [6.45, 7) is 6.38. The van der Waals surface area contributed by atoms with Gasteiger partial charge in [0, 0.05) is 44.2 Å². The van der Waals surface area contributed by atoms with E-state index in [1.165, 1.54) is 0 Å². The van der Waals surface area contributed by atoms with Crippen molar-refractivity contribution >= 4 is 34.5 Å². The number of nitrogens with zero attached hydrogens (tertiary/aromatic N) is 4. The second kappa shape index (κ2) is 8.79. The lowest BCUT2D eigenvalue weighted by molar-refractivity contribution is -0.0587. The minimum absolute atomic E-state index is 0.00821. The van der Waals surface area contributed by atoms with Crippen LogP contribution >= 0.6 is 22.9 Å². The maximum Gasteiger partial charge on any atom is 0.274 e. The highest BCUT2D eigenvalue weighted by Gasteiger charge is 2.30. The van der Waals surface area contributed by atoms with E-state index in [0.717, 1.165) is 24.4 Å². The molecule has 4 rings (SSSR count). The molecule has 0 aliphatic carbocycles. The van der Waals surface area contributed by atoms with Crippen molar-refractivity contribution in [2.75, 3.05) is 19.6 Å². The van der Waals surface area contributed by atoms with Crippen LogP contribution in [0, 0.1) is 0 Å². The molecule has 0 radical (unpaired) electrons. The normalized spacial score (nSPS) is 19.8. The highest BCUT2D eigenvalue weighted by molar-refractivity contribution is 7.07. The lowest BCUT2D eigenvalue weighted by Crippen LogP contribution is -2.48. The van der Waals surface area contributed by atoms with Gasteiger partial charge in [0.15, 0.2) is 5.69 Å². The molecule has 0 bridgehead atoms. The maximum atomic E-state index is 13.3. The van der Waals surface area contributed by atoms with Crippen LogP contribution in [0.15, 0.2) is 29.2 Å². The van der Waals surface area contributed by atoms with E-state index >= 15 is 0 Å². The van der Waals surface area contributed by atoms with E-state index in [1.807, 2.05) is 46.3 Å². The smallest absolute Gasteiger partial charge is 0.274 e. The Morgan fingerprint density at radius 2 is 2.14 bits per heavy atom. The molecule has 7 nitrogen and oxygen atoms in total. The minimum Gasteiger partial charge on any atom is -0.372 e. The monoisotopic (exact) mass is 433 g/mol. The summed E-state index contributed by atoms with van der Waals surface area (Å²) in [5.74, 6) is -0.0666. The van der Waals surface area contributed by atoms with E-state index in [0.29, 0.717) is 36.0 Å². The molecule has 1 saturated heterocycles. The number of hydrogen-bond acceptors (Lipinski definition) is 6. The van der Waals surface area contributed by atoms with Gasteiger partial charge in [0.05, 0.1) is 34.1 Å². The summed E-state index contributed by atoms with van der Waals surface area (Å²) < 4.78 is 7.67. The topological polar surface area (TPSA) is 71.8 Å². The molecule has 0 aromatic carbocycles. The molecule has 0 saturated carbocycles. The number of fused-ring (bicyclic) bond motifs is 1. The van der Waals surface area contributed by atoms with Crippen molar-refractivity contribution in [3.8, 4) is 0 Å². The molecule has 1 aliphatic heterocycles. The van der Waals surface area contributed by atoms with Gasteiger partial charge in [-0.3, -0.25) is 4.79 Å². The predicted molar refractivity (Wildman–Crippen MR) is 114 cm³/mol. The van der Waals surface area contributed by atoms with Crippen LogP contribution in [0.3, 0.4) is 0 Å². The molecular weight excluding hydrogens is 410 g/mol. The van der Waals surface area contributed by atoms with Crippen LogP contribution in [0.5, 0.6) is 0 Å².